The number of benzene rings is 4. The van der Waals surface area contributed by atoms with E-state index in [0.717, 1.165) is 16.5 Å². The molecule has 0 aliphatic carbocycles. The Morgan fingerprint density at radius 2 is 1.59 bits per heavy atom. The van der Waals surface area contributed by atoms with Gasteiger partial charge < -0.3 is 19.4 Å². The van der Waals surface area contributed by atoms with E-state index in [-0.39, 0.29) is 12.5 Å². The van der Waals surface area contributed by atoms with Gasteiger partial charge in [-0.2, -0.15) is 5.10 Å². The predicted molar refractivity (Wildman–Crippen MR) is 158 cm³/mol. The second-order valence-electron chi connectivity index (χ2n) is 9.41. The van der Waals surface area contributed by atoms with Crippen molar-refractivity contribution in [1.82, 2.24) is 15.3 Å². The van der Waals surface area contributed by atoms with Crippen molar-refractivity contribution in [2.45, 2.75) is 6.54 Å². The molecule has 2 amide bonds. The molecule has 0 fully saturated rings. The van der Waals surface area contributed by atoms with Crippen LogP contribution in [0.25, 0.3) is 17.0 Å². The number of rotatable bonds is 8. The van der Waals surface area contributed by atoms with Crippen LogP contribution in [-0.2, 0) is 11.3 Å². The number of ether oxygens (including phenoxy) is 2. The molecule has 6 rings (SSSR count). The minimum absolute atomic E-state index is 0.0291. The summed E-state index contributed by atoms with van der Waals surface area (Å²) in [7, 11) is 0. The third-order valence-corrected chi connectivity index (χ3v) is 6.62. The Kier molecular flexibility index (Phi) is 7.27. The number of amides is 2. The van der Waals surface area contributed by atoms with Gasteiger partial charge in [-0.05, 0) is 47.5 Å². The fourth-order valence-electron chi connectivity index (χ4n) is 4.62. The fraction of sp³-hybridized carbons (Fsp3) is 0.0606. The van der Waals surface area contributed by atoms with Crippen molar-refractivity contribution < 1.29 is 19.1 Å². The van der Waals surface area contributed by atoms with E-state index in [4.69, 9.17) is 9.47 Å². The van der Waals surface area contributed by atoms with Crippen LogP contribution < -0.4 is 20.2 Å². The van der Waals surface area contributed by atoms with Crippen LogP contribution in [0.2, 0.25) is 0 Å². The molecule has 2 N–H and O–H groups in total. The Bertz CT molecular complexity index is 1780. The number of aromatic nitrogens is 1. The number of carbonyl (C=O) groups excluding carboxylic acids is 2. The van der Waals surface area contributed by atoms with Crippen LogP contribution in [0.5, 0.6) is 11.5 Å². The first-order valence-electron chi connectivity index (χ1n) is 13.1. The molecular weight excluding hydrogens is 516 g/mol. The zero-order valence-electron chi connectivity index (χ0n) is 22.0. The average Bonchev–Trinajstić information content (AvgIpc) is 3.62. The number of nitrogens with one attached hydrogen (secondary N) is 2. The lowest BCUT2D eigenvalue weighted by Crippen LogP contribution is -2.32. The maximum atomic E-state index is 13.3. The molecule has 2 heterocycles. The van der Waals surface area contributed by atoms with E-state index < -0.39 is 11.8 Å². The lowest BCUT2D eigenvalue weighted by Gasteiger charge is -2.09. The number of hydrazone groups is 1. The quantitative estimate of drug-likeness (QED) is 0.157. The molecule has 202 valence electrons. The van der Waals surface area contributed by atoms with Gasteiger partial charge in [-0.3, -0.25) is 9.59 Å². The van der Waals surface area contributed by atoms with Crippen LogP contribution in [0.4, 0.5) is 0 Å². The van der Waals surface area contributed by atoms with Crippen LogP contribution >= 0.6 is 0 Å². The molecule has 0 radical (unpaired) electrons. The summed E-state index contributed by atoms with van der Waals surface area (Å²) in [5, 5.41) is 7.97. The zero-order chi connectivity index (χ0) is 28.0. The van der Waals surface area contributed by atoms with Gasteiger partial charge in [0.05, 0.1) is 6.21 Å². The molecule has 1 aromatic heterocycles. The molecule has 8 heteroatoms. The van der Waals surface area contributed by atoms with Crippen molar-refractivity contribution in [3.8, 4) is 11.5 Å². The van der Waals surface area contributed by atoms with Crippen molar-refractivity contribution in [2.24, 2.45) is 5.10 Å². The van der Waals surface area contributed by atoms with Crippen molar-refractivity contribution >= 4 is 35.0 Å². The van der Waals surface area contributed by atoms with Gasteiger partial charge in [-0.15, -0.1) is 0 Å². The molecule has 5 aromatic rings. The first-order chi connectivity index (χ1) is 20.1. The summed E-state index contributed by atoms with van der Waals surface area (Å²) in [6.07, 6.45) is 5.19. The Balaban J connectivity index is 1.24. The Morgan fingerprint density at radius 3 is 2.41 bits per heavy atom. The maximum Gasteiger partial charge on any atom is 0.287 e. The third-order valence-electron chi connectivity index (χ3n) is 6.62. The molecule has 1 aliphatic heterocycles. The van der Waals surface area contributed by atoms with Crippen LogP contribution in [0.15, 0.2) is 120 Å². The van der Waals surface area contributed by atoms with Crippen molar-refractivity contribution in [3.05, 3.63) is 137 Å². The maximum absolute atomic E-state index is 13.3. The molecule has 8 nitrogen and oxygen atoms in total. The smallest absolute Gasteiger partial charge is 0.287 e. The molecular formula is C33H26N4O4. The minimum atomic E-state index is -0.573. The molecule has 4 aromatic carbocycles. The highest BCUT2D eigenvalue weighted by molar-refractivity contribution is 6.06. The van der Waals surface area contributed by atoms with Crippen LogP contribution in [0, 0.1) is 0 Å². The highest BCUT2D eigenvalue weighted by Gasteiger charge is 2.17. The van der Waals surface area contributed by atoms with Gasteiger partial charge in [-0.25, -0.2) is 5.43 Å². The summed E-state index contributed by atoms with van der Waals surface area (Å²) < 4.78 is 13.0. The number of fused-ring (bicyclic) bond motifs is 2. The van der Waals surface area contributed by atoms with E-state index in [2.05, 4.69) is 38.6 Å². The summed E-state index contributed by atoms with van der Waals surface area (Å²) in [6, 6.07) is 32.2. The largest absolute Gasteiger partial charge is 0.454 e. The van der Waals surface area contributed by atoms with Crippen molar-refractivity contribution in [2.75, 3.05) is 6.79 Å². The summed E-state index contributed by atoms with van der Waals surface area (Å²) in [5.41, 5.74) is 6.76. The lowest BCUT2D eigenvalue weighted by atomic mass is 10.1. The Labute approximate surface area is 236 Å². The highest BCUT2D eigenvalue weighted by Crippen LogP contribution is 2.33. The standard InChI is InChI=1S/C33H26N4O4/c38-32(25-11-5-2-6-12-25)35-28(17-24-15-16-30-31(18-24)41-22-40-30)33(39)36-34-19-26-21-37(20-23-9-3-1-4-10-23)29-14-8-7-13-27(26)29/h1-19,21H,20,22H2,(H,35,38)(H,36,39)/b28-17+,34-19-. The monoisotopic (exact) mass is 542 g/mol. The van der Waals surface area contributed by atoms with Gasteiger partial charge in [0.25, 0.3) is 11.8 Å². The number of carbonyl (C=O) groups is 2. The van der Waals surface area contributed by atoms with Crippen molar-refractivity contribution in [3.63, 3.8) is 0 Å². The average molecular weight is 543 g/mol. The van der Waals surface area contributed by atoms with Gasteiger partial charge in [0.1, 0.15) is 5.70 Å². The van der Waals surface area contributed by atoms with Gasteiger partial charge in [0.2, 0.25) is 6.79 Å². The number of hydrogen-bond acceptors (Lipinski definition) is 5. The molecule has 0 saturated heterocycles. The van der Waals surface area contributed by atoms with Gasteiger partial charge in [0, 0.05) is 34.8 Å². The predicted octanol–water partition coefficient (Wildman–Crippen LogP) is 5.34. The molecule has 1 aliphatic rings. The van der Waals surface area contributed by atoms with E-state index in [9.17, 15) is 9.59 Å². The SMILES string of the molecule is O=C(N/N=C\c1cn(Cc2ccccc2)c2ccccc12)/C(=C\c1ccc2c(c1)OCO2)NC(=O)c1ccccc1. The van der Waals surface area contributed by atoms with Crippen LogP contribution in [0.1, 0.15) is 27.0 Å². The molecule has 0 spiro atoms. The van der Waals surface area contributed by atoms with E-state index >= 15 is 0 Å². The third kappa shape index (κ3) is 5.86. The van der Waals surface area contributed by atoms with E-state index in [1.807, 2.05) is 48.7 Å². The van der Waals surface area contributed by atoms with Crippen molar-refractivity contribution in [1.29, 1.82) is 0 Å². The molecule has 0 saturated carbocycles. The lowest BCUT2D eigenvalue weighted by molar-refractivity contribution is -0.117. The number of nitrogens with zero attached hydrogens (tertiary/aromatic N) is 2. The van der Waals surface area contributed by atoms with Gasteiger partial charge in [-0.1, -0.05) is 72.8 Å². The molecule has 41 heavy (non-hydrogen) atoms. The summed E-state index contributed by atoms with van der Waals surface area (Å²) in [5.74, 6) is 0.201. The summed E-state index contributed by atoms with van der Waals surface area (Å²) in [4.78, 5) is 26.2. The van der Waals surface area contributed by atoms with Gasteiger partial charge >= 0.3 is 0 Å². The van der Waals surface area contributed by atoms with E-state index in [1.54, 1.807) is 54.8 Å². The summed E-state index contributed by atoms with van der Waals surface area (Å²) in [6.45, 7) is 0.840. The van der Waals surface area contributed by atoms with Gasteiger partial charge in [0.15, 0.2) is 11.5 Å². The second kappa shape index (κ2) is 11.6. The highest BCUT2D eigenvalue weighted by atomic mass is 16.7. The first kappa shape index (κ1) is 25.6. The van der Waals surface area contributed by atoms with Crippen LogP contribution in [-0.4, -0.2) is 29.4 Å². The number of hydrogen-bond donors (Lipinski definition) is 2. The Morgan fingerprint density at radius 1 is 0.854 bits per heavy atom. The van der Waals surface area contributed by atoms with E-state index in [1.165, 1.54) is 5.56 Å². The zero-order valence-corrected chi connectivity index (χ0v) is 22.0. The first-order valence-corrected chi connectivity index (χ1v) is 13.1. The topological polar surface area (TPSA) is 94.0 Å². The van der Waals surface area contributed by atoms with E-state index in [0.29, 0.717) is 29.2 Å². The minimum Gasteiger partial charge on any atom is -0.454 e. The normalized spacial score (nSPS) is 12.5. The molecule has 0 bridgehead atoms. The molecule has 0 unspecified atom stereocenters. The number of para-hydroxylation sites is 1. The summed E-state index contributed by atoms with van der Waals surface area (Å²) >= 11 is 0. The molecule has 0 atom stereocenters. The van der Waals surface area contributed by atoms with Crippen LogP contribution in [0.3, 0.4) is 0 Å². The fourth-order valence-corrected chi connectivity index (χ4v) is 4.62. The second-order valence-corrected chi connectivity index (χ2v) is 9.41. The Hall–Kier alpha value is -5.63.